The molecule has 3 amide bonds. The molecule has 1 N–H and O–H groups in total. The van der Waals surface area contributed by atoms with Crippen LogP contribution in [0.15, 0.2) is 24.3 Å². The van der Waals surface area contributed by atoms with E-state index in [0.717, 1.165) is 19.4 Å². The van der Waals surface area contributed by atoms with E-state index in [1.165, 1.54) is 4.90 Å². The number of likely N-dealkylation sites (tertiary alicyclic amines) is 1. The van der Waals surface area contributed by atoms with Gasteiger partial charge in [-0.25, -0.2) is 0 Å². The van der Waals surface area contributed by atoms with Crippen LogP contribution < -0.4 is 5.32 Å². The van der Waals surface area contributed by atoms with Gasteiger partial charge in [-0.1, -0.05) is 6.07 Å². The van der Waals surface area contributed by atoms with Crippen LogP contribution in [0.1, 0.15) is 33.6 Å². The quantitative estimate of drug-likeness (QED) is 0.824. The SMILES string of the molecule is CN(C)C(=O)c1cccc(C(=O)N2CCCC(N3CCNCC3=O)C2)c1.Cl. The van der Waals surface area contributed by atoms with Gasteiger partial charge >= 0.3 is 0 Å². The van der Waals surface area contributed by atoms with Gasteiger partial charge in [0.05, 0.1) is 6.54 Å². The van der Waals surface area contributed by atoms with Crippen LogP contribution in [0.2, 0.25) is 0 Å². The van der Waals surface area contributed by atoms with Crippen LogP contribution in [-0.2, 0) is 4.79 Å². The van der Waals surface area contributed by atoms with Gasteiger partial charge in [0.2, 0.25) is 5.91 Å². The molecule has 1 unspecified atom stereocenters. The predicted molar refractivity (Wildman–Crippen MR) is 105 cm³/mol. The van der Waals surface area contributed by atoms with Gasteiger partial charge in [-0.05, 0) is 31.0 Å². The topological polar surface area (TPSA) is 73.0 Å². The number of hydrogen-bond acceptors (Lipinski definition) is 4. The number of halogens is 1. The van der Waals surface area contributed by atoms with Crippen molar-refractivity contribution < 1.29 is 14.4 Å². The van der Waals surface area contributed by atoms with Gasteiger partial charge in [0.1, 0.15) is 0 Å². The van der Waals surface area contributed by atoms with Crippen molar-refractivity contribution in [2.75, 3.05) is 46.8 Å². The van der Waals surface area contributed by atoms with E-state index < -0.39 is 0 Å². The number of benzene rings is 1. The molecule has 7 nitrogen and oxygen atoms in total. The molecule has 1 atom stereocenters. The van der Waals surface area contributed by atoms with Crippen LogP contribution in [0.3, 0.4) is 0 Å². The fraction of sp³-hybridized carbons (Fsp3) is 0.526. The van der Waals surface area contributed by atoms with Gasteiger partial charge in [0.25, 0.3) is 11.8 Å². The predicted octanol–water partition coefficient (Wildman–Crippen LogP) is 0.847. The minimum atomic E-state index is -0.123. The molecule has 3 rings (SSSR count). The number of rotatable bonds is 3. The molecular formula is C19H27ClN4O3. The fourth-order valence-corrected chi connectivity index (χ4v) is 3.63. The Kier molecular flexibility index (Phi) is 7.21. The Labute approximate surface area is 166 Å². The first-order valence-corrected chi connectivity index (χ1v) is 9.08. The van der Waals surface area contributed by atoms with Crippen molar-refractivity contribution in [3.8, 4) is 0 Å². The Hall–Kier alpha value is -2.12. The second-order valence-corrected chi connectivity index (χ2v) is 7.09. The zero-order valence-corrected chi connectivity index (χ0v) is 16.6. The Morgan fingerprint density at radius 2 is 1.93 bits per heavy atom. The summed E-state index contributed by atoms with van der Waals surface area (Å²) in [5.41, 5.74) is 1.02. The molecule has 1 aromatic rings. The Balaban J connectivity index is 0.00000261. The average Bonchev–Trinajstić information content (AvgIpc) is 2.67. The lowest BCUT2D eigenvalue weighted by molar-refractivity contribution is -0.135. The summed E-state index contributed by atoms with van der Waals surface area (Å²) in [6, 6.07) is 6.94. The Bertz CT molecular complexity index is 710. The fourth-order valence-electron chi connectivity index (χ4n) is 3.63. The number of amides is 3. The van der Waals surface area contributed by atoms with E-state index in [1.54, 1.807) is 38.4 Å². The van der Waals surface area contributed by atoms with Crippen molar-refractivity contribution in [3.63, 3.8) is 0 Å². The van der Waals surface area contributed by atoms with Gasteiger partial charge in [0.15, 0.2) is 0 Å². The molecule has 2 heterocycles. The summed E-state index contributed by atoms with van der Waals surface area (Å²) in [6.45, 7) is 3.10. The van der Waals surface area contributed by atoms with Crippen molar-refractivity contribution >= 4 is 30.1 Å². The van der Waals surface area contributed by atoms with Crippen molar-refractivity contribution in [2.45, 2.75) is 18.9 Å². The number of hydrogen-bond donors (Lipinski definition) is 1. The van der Waals surface area contributed by atoms with Crippen LogP contribution in [0.5, 0.6) is 0 Å². The molecule has 2 aliphatic rings. The highest BCUT2D eigenvalue weighted by molar-refractivity contribution is 5.99. The first-order chi connectivity index (χ1) is 12.5. The third kappa shape index (κ3) is 4.78. The van der Waals surface area contributed by atoms with Crippen LogP contribution in [0, 0.1) is 0 Å². The zero-order valence-electron chi connectivity index (χ0n) is 15.8. The van der Waals surface area contributed by atoms with Crippen LogP contribution in [0.25, 0.3) is 0 Å². The molecule has 148 valence electrons. The molecule has 2 aliphatic heterocycles. The maximum atomic E-state index is 12.9. The largest absolute Gasteiger partial charge is 0.345 e. The highest BCUT2D eigenvalue weighted by atomic mass is 35.5. The molecule has 8 heteroatoms. The van der Waals surface area contributed by atoms with E-state index in [1.807, 2.05) is 9.80 Å². The second kappa shape index (κ2) is 9.19. The normalized spacial score (nSPS) is 20.1. The third-order valence-electron chi connectivity index (χ3n) is 5.01. The minimum Gasteiger partial charge on any atom is -0.345 e. The summed E-state index contributed by atoms with van der Waals surface area (Å²) < 4.78 is 0. The summed E-state index contributed by atoms with van der Waals surface area (Å²) in [5, 5.41) is 3.08. The first-order valence-electron chi connectivity index (χ1n) is 9.08. The van der Waals surface area contributed by atoms with E-state index in [9.17, 15) is 14.4 Å². The van der Waals surface area contributed by atoms with Crippen molar-refractivity contribution in [1.82, 2.24) is 20.0 Å². The lowest BCUT2D eigenvalue weighted by Gasteiger charge is -2.41. The summed E-state index contributed by atoms with van der Waals surface area (Å²) in [4.78, 5) is 42.4. The van der Waals surface area contributed by atoms with Crippen molar-refractivity contribution in [2.24, 2.45) is 0 Å². The first kappa shape index (κ1) is 21.2. The van der Waals surface area contributed by atoms with Gasteiger partial charge in [-0.2, -0.15) is 0 Å². The number of carbonyl (C=O) groups excluding carboxylic acids is 3. The Morgan fingerprint density at radius 3 is 2.63 bits per heavy atom. The average molecular weight is 395 g/mol. The van der Waals surface area contributed by atoms with E-state index >= 15 is 0 Å². The number of nitrogens with one attached hydrogen (secondary N) is 1. The summed E-state index contributed by atoms with van der Waals surface area (Å²) >= 11 is 0. The lowest BCUT2D eigenvalue weighted by Crippen LogP contribution is -2.57. The van der Waals surface area contributed by atoms with E-state index in [4.69, 9.17) is 0 Å². The smallest absolute Gasteiger partial charge is 0.253 e. The monoisotopic (exact) mass is 394 g/mol. The van der Waals surface area contributed by atoms with E-state index in [2.05, 4.69) is 5.32 Å². The second-order valence-electron chi connectivity index (χ2n) is 7.09. The molecule has 27 heavy (non-hydrogen) atoms. The number of piperidine rings is 1. The summed E-state index contributed by atoms with van der Waals surface area (Å²) in [5.74, 6) is -0.0950. The molecule has 0 saturated carbocycles. The molecule has 0 aromatic heterocycles. The highest BCUT2D eigenvalue weighted by Crippen LogP contribution is 2.19. The lowest BCUT2D eigenvalue weighted by atomic mass is 10.0. The number of nitrogens with zero attached hydrogens (tertiary/aromatic N) is 3. The zero-order chi connectivity index (χ0) is 18.7. The number of carbonyl (C=O) groups is 3. The Morgan fingerprint density at radius 1 is 1.19 bits per heavy atom. The van der Waals surface area contributed by atoms with Crippen LogP contribution in [0.4, 0.5) is 0 Å². The van der Waals surface area contributed by atoms with Crippen molar-refractivity contribution in [1.29, 1.82) is 0 Å². The molecule has 1 aromatic carbocycles. The maximum absolute atomic E-state index is 12.9. The van der Waals surface area contributed by atoms with Crippen LogP contribution in [-0.4, -0.2) is 85.3 Å². The maximum Gasteiger partial charge on any atom is 0.253 e. The van der Waals surface area contributed by atoms with Crippen molar-refractivity contribution in [3.05, 3.63) is 35.4 Å². The number of piperazine rings is 1. The van der Waals surface area contributed by atoms with Crippen LogP contribution >= 0.6 is 12.4 Å². The van der Waals surface area contributed by atoms with E-state index in [-0.39, 0.29) is 36.2 Å². The molecule has 2 fully saturated rings. The molecule has 0 bridgehead atoms. The molecular weight excluding hydrogens is 368 g/mol. The minimum absolute atomic E-state index is 0. The van der Waals surface area contributed by atoms with Gasteiger partial charge in [-0.3, -0.25) is 14.4 Å². The molecule has 0 aliphatic carbocycles. The third-order valence-corrected chi connectivity index (χ3v) is 5.01. The molecule has 0 spiro atoms. The van der Waals surface area contributed by atoms with E-state index in [0.29, 0.717) is 37.3 Å². The van der Waals surface area contributed by atoms with Gasteiger partial charge < -0.3 is 20.0 Å². The summed E-state index contributed by atoms with van der Waals surface area (Å²) in [7, 11) is 3.38. The highest BCUT2D eigenvalue weighted by Gasteiger charge is 2.32. The molecule has 2 saturated heterocycles. The van der Waals surface area contributed by atoms with Gasteiger partial charge in [-0.15, -0.1) is 12.4 Å². The summed E-state index contributed by atoms with van der Waals surface area (Å²) in [6.07, 6.45) is 1.80. The molecule has 0 radical (unpaired) electrons. The van der Waals surface area contributed by atoms with Gasteiger partial charge in [0, 0.05) is 57.4 Å². The standard InChI is InChI=1S/C19H26N4O3.ClH/c1-21(2)18(25)14-5-3-6-15(11-14)19(26)22-9-4-7-16(13-22)23-10-8-20-12-17(23)24;/h3,5-6,11,16,20H,4,7-10,12-13H2,1-2H3;1H.